The third kappa shape index (κ3) is 8.29. The van der Waals surface area contributed by atoms with E-state index >= 15 is 0 Å². The van der Waals surface area contributed by atoms with Crippen molar-refractivity contribution >= 4 is 0 Å². The van der Waals surface area contributed by atoms with E-state index in [1.807, 2.05) is 0 Å². The fourth-order valence-corrected chi connectivity index (χ4v) is 2.72. The summed E-state index contributed by atoms with van der Waals surface area (Å²) in [5.74, 6) is 0. The van der Waals surface area contributed by atoms with Crippen LogP contribution in [0.4, 0.5) is 0 Å². The maximum atomic E-state index is 2.41. The molecular formula is C18H34N2. The first-order chi connectivity index (χ1) is 9.86. The first-order valence-electron chi connectivity index (χ1n) is 8.67. The summed E-state index contributed by atoms with van der Waals surface area (Å²) < 4.78 is 0. The lowest BCUT2D eigenvalue weighted by Gasteiger charge is -2.18. The molecule has 0 saturated heterocycles. The zero-order valence-corrected chi connectivity index (χ0v) is 13.7. The molecule has 1 heterocycles. The summed E-state index contributed by atoms with van der Waals surface area (Å²) in [6, 6.07) is 0. The molecule has 116 valence electrons. The number of unbranched alkanes of at least 4 members (excludes halogenated alkanes) is 9. The van der Waals surface area contributed by atoms with Gasteiger partial charge in [0.05, 0.1) is 6.67 Å². The van der Waals surface area contributed by atoms with Crippen LogP contribution in [0.2, 0.25) is 0 Å². The topological polar surface area (TPSA) is 6.48 Å². The van der Waals surface area contributed by atoms with Gasteiger partial charge in [-0.3, -0.25) is 0 Å². The van der Waals surface area contributed by atoms with E-state index in [-0.39, 0.29) is 0 Å². The first-order valence-corrected chi connectivity index (χ1v) is 8.67. The Kier molecular flexibility index (Phi) is 10.2. The largest absolute Gasteiger partial charge is 0.358 e. The van der Waals surface area contributed by atoms with Crippen LogP contribution in [0.3, 0.4) is 0 Å². The van der Waals surface area contributed by atoms with E-state index < -0.39 is 0 Å². The molecular weight excluding hydrogens is 244 g/mol. The van der Waals surface area contributed by atoms with E-state index in [1.165, 1.54) is 70.8 Å². The van der Waals surface area contributed by atoms with Gasteiger partial charge in [-0.15, -0.1) is 0 Å². The van der Waals surface area contributed by atoms with Gasteiger partial charge in [0, 0.05) is 25.1 Å². The van der Waals surface area contributed by atoms with Gasteiger partial charge in [-0.2, -0.15) is 0 Å². The molecule has 0 fully saturated rings. The fraction of sp³-hybridized carbons (Fsp3) is 0.778. The Bertz CT molecular complexity index is 271. The molecule has 0 bridgehead atoms. The number of nitrogens with zero attached hydrogens (tertiary/aromatic N) is 2. The third-order valence-electron chi connectivity index (χ3n) is 3.95. The third-order valence-corrected chi connectivity index (χ3v) is 3.95. The molecule has 1 aliphatic rings. The molecule has 0 radical (unpaired) electrons. The smallest absolute Gasteiger partial charge is 0.0935 e. The van der Waals surface area contributed by atoms with E-state index in [1.54, 1.807) is 0 Å². The van der Waals surface area contributed by atoms with Crippen molar-refractivity contribution in [3.8, 4) is 0 Å². The minimum absolute atomic E-state index is 1.03. The Morgan fingerprint density at radius 1 is 0.850 bits per heavy atom. The average Bonchev–Trinajstić information content (AvgIpc) is 2.89. The number of rotatable bonds is 12. The highest BCUT2D eigenvalue weighted by atomic mass is 15.3. The maximum absolute atomic E-state index is 2.41. The zero-order chi connectivity index (χ0) is 14.5. The SMILES string of the molecule is CC=CN1C=CN(CCCCCCCCCCCC)C1. The van der Waals surface area contributed by atoms with E-state index in [0.717, 1.165) is 6.67 Å². The van der Waals surface area contributed by atoms with Gasteiger partial charge in [-0.05, 0) is 13.3 Å². The van der Waals surface area contributed by atoms with Gasteiger partial charge in [-0.25, -0.2) is 0 Å². The highest BCUT2D eigenvalue weighted by molar-refractivity contribution is 4.96. The minimum Gasteiger partial charge on any atom is -0.358 e. The van der Waals surface area contributed by atoms with Crippen molar-refractivity contribution in [2.75, 3.05) is 13.2 Å². The predicted octanol–water partition coefficient (Wildman–Crippen LogP) is 5.49. The monoisotopic (exact) mass is 278 g/mol. The Labute approximate surface area is 126 Å². The lowest BCUT2D eigenvalue weighted by atomic mass is 10.1. The van der Waals surface area contributed by atoms with Gasteiger partial charge in [0.15, 0.2) is 0 Å². The Morgan fingerprint density at radius 2 is 1.45 bits per heavy atom. The van der Waals surface area contributed by atoms with Gasteiger partial charge in [-0.1, -0.05) is 70.8 Å². The van der Waals surface area contributed by atoms with Crippen LogP contribution in [0.5, 0.6) is 0 Å². The van der Waals surface area contributed by atoms with Gasteiger partial charge in [0.25, 0.3) is 0 Å². The molecule has 0 aromatic rings. The summed E-state index contributed by atoms with van der Waals surface area (Å²) in [5, 5.41) is 0. The lowest BCUT2D eigenvalue weighted by molar-refractivity contribution is 0.307. The fourth-order valence-electron chi connectivity index (χ4n) is 2.72. The second-order valence-electron chi connectivity index (χ2n) is 5.93. The van der Waals surface area contributed by atoms with Gasteiger partial charge in [0.1, 0.15) is 0 Å². The van der Waals surface area contributed by atoms with Crippen LogP contribution in [0.15, 0.2) is 24.7 Å². The molecule has 1 rings (SSSR count). The van der Waals surface area contributed by atoms with Crippen molar-refractivity contribution in [3.05, 3.63) is 24.7 Å². The maximum Gasteiger partial charge on any atom is 0.0935 e. The van der Waals surface area contributed by atoms with Gasteiger partial charge >= 0.3 is 0 Å². The second-order valence-corrected chi connectivity index (χ2v) is 5.93. The summed E-state index contributed by atoms with van der Waals surface area (Å²) in [4.78, 5) is 4.64. The lowest BCUT2D eigenvalue weighted by Crippen LogP contribution is -2.22. The van der Waals surface area contributed by atoms with Crippen molar-refractivity contribution in [3.63, 3.8) is 0 Å². The molecule has 2 nitrogen and oxygen atoms in total. The van der Waals surface area contributed by atoms with Crippen LogP contribution in [-0.4, -0.2) is 23.0 Å². The minimum atomic E-state index is 1.03. The molecule has 0 aromatic carbocycles. The van der Waals surface area contributed by atoms with Crippen LogP contribution >= 0.6 is 0 Å². The van der Waals surface area contributed by atoms with Crippen molar-refractivity contribution in [1.29, 1.82) is 0 Å². The molecule has 1 aliphatic heterocycles. The molecule has 0 spiro atoms. The van der Waals surface area contributed by atoms with Crippen molar-refractivity contribution in [2.24, 2.45) is 0 Å². The Morgan fingerprint density at radius 3 is 2.05 bits per heavy atom. The second kappa shape index (κ2) is 11.9. The quantitative estimate of drug-likeness (QED) is 0.436. The van der Waals surface area contributed by atoms with Crippen LogP contribution in [0.1, 0.15) is 78.1 Å². The summed E-state index contributed by atoms with van der Waals surface area (Å²) in [6.45, 7) is 6.59. The Hall–Kier alpha value is -0.920. The molecule has 0 unspecified atom stereocenters. The molecule has 0 aliphatic carbocycles. The predicted molar refractivity (Wildman–Crippen MR) is 89.2 cm³/mol. The highest BCUT2D eigenvalue weighted by Crippen LogP contribution is 2.12. The van der Waals surface area contributed by atoms with Crippen LogP contribution < -0.4 is 0 Å². The number of hydrogen-bond donors (Lipinski definition) is 0. The summed E-state index contributed by atoms with van der Waals surface area (Å²) in [7, 11) is 0. The van der Waals surface area contributed by atoms with Gasteiger partial charge < -0.3 is 9.80 Å². The standard InChI is InChI=1S/C18H34N2/c1-3-5-6-7-8-9-10-11-12-13-15-20-17-16-19(18-20)14-4-2/h4,14,16-17H,3,5-13,15,18H2,1-2H3. The van der Waals surface area contributed by atoms with E-state index in [4.69, 9.17) is 0 Å². The molecule has 0 aromatic heterocycles. The average molecular weight is 278 g/mol. The van der Waals surface area contributed by atoms with Crippen molar-refractivity contribution in [1.82, 2.24) is 9.80 Å². The van der Waals surface area contributed by atoms with E-state index in [2.05, 4.69) is 48.3 Å². The number of allylic oxidation sites excluding steroid dienone is 1. The molecule has 20 heavy (non-hydrogen) atoms. The van der Waals surface area contributed by atoms with Crippen molar-refractivity contribution < 1.29 is 0 Å². The molecule has 0 saturated carbocycles. The normalized spacial score (nSPS) is 14.9. The van der Waals surface area contributed by atoms with E-state index in [9.17, 15) is 0 Å². The summed E-state index contributed by atoms with van der Waals surface area (Å²) >= 11 is 0. The Balaban J connectivity index is 1.83. The first kappa shape index (κ1) is 17.1. The molecule has 0 amide bonds. The molecule has 0 atom stereocenters. The number of hydrogen-bond acceptors (Lipinski definition) is 2. The highest BCUT2D eigenvalue weighted by Gasteiger charge is 2.08. The van der Waals surface area contributed by atoms with Gasteiger partial charge in [0.2, 0.25) is 0 Å². The summed E-state index contributed by atoms with van der Waals surface area (Å²) in [6.07, 6.45) is 22.8. The van der Waals surface area contributed by atoms with Crippen LogP contribution in [0.25, 0.3) is 0 Å². The van der Waals surface area contributed by atoms with Crippen molar-refractivity contribution in [2.45, 2.75) is 78.1 Å². The molecule has 2 heteroatoms. The van der Waals surface area contributed by atoms with Crippen LogP contribution in [0, 0.1) is 0 Å². The zero-order valence-electron chi connectivity index (χ0n) is 13.7. The van der Waals surface area contributed by atoms with Crippen LogP contribution in [-0.2, 0) is 0 Å². The van der Waals surface area contributed by atoms with E-state index in [0.29, 0.717) is 0 Å². The summed E-state index contributed by atoms with van der Waals surface area (Å²) in [5.41, 5.74) is 0. The molecule has 0 N–H and O–H groups in total.